The van der Waals surface area contributed by atoms with Crippen molar-refractivity contribution in [2.45, 2.75) is 116 Å². The molecule has 3 N–H and O–H groups in total. The molecule has 0 aromatic carbocycles. The lowest BCUT2D eigenvalue weighted by molar-refractivity contribution is -0.175. The summed E-state index contributed by atoms with van der Waals surface area (Å²) in [7, 11) is -4.15. The Bertz CT molecular complexity index is 1020. The van der Waals surface area contributed by atoms with Crippen LogP contribution in [0.1, 0.15) is 97.8 Å². The smallest absolute Gasteiger partial charge is 0.266 e. The van der Waals surface area contributed by atoms with Crippen LogP contribution < -0.4 is 0 Å². The van der Waals surface area contributed by atoms with Crippen LogP contribution in [0.3, 0.4) is 0 Å². The van der Waals surface area contributed by atoms with Crippen molar-refractivity contribution in [2.24, 2.45) is 46.3 Å². The third kappa shape index (κ3) is 5.76. The molecule has 4 saturated carbocycles. The second-order valence-electron chi connectivity index (χ2n) is 14.6. The molecule has 5 rings (SSSR count). The Balaban J connectivity index is 1.25. The lowest BCUT2D eigenvalue weighted by atomic mass is 9.43. The Morgan fingerprint density at radius 1 is 1.00 bits per heavy atom. The zero-order chi connectivity index (χ0) is 28.9. The van der Waals surface area contributed by atoms with Crippen molar-refractivity contribution >= 4 is 16.0 Å². The number of amides is 1. The number of aliphatic hydroxyl groups excluding tert-OH is 2. The second-order valence-corrected chi connectivity index (χ2v) is 16.2. The molecule has 230 valence electrons. The molecule has 0 bridgehead atoms. The van der Waals surface area contributed by atoms with Crippen molar-refractivity contribution in [3.8, 4) is 0 Å². The maximum atomic E-state index is 13.4. The van der Waals surface area contributed by atoms with Gasteiger partial charge in [0, 0.05) is 32.2 Å². The summed E-state index contributed by atoms with van der Waals surface area (Å²) in [5.41, 5.74) is 0.0720. The first-order valence-electron chi connectivity index (χ1n) is 16.0. The van der Waals surface area contributed by atoms with Gasteiger partial charge in [-0.2, -0.15) is 8.42 Å². The molecule has 0 radical (unpaired) electrons. The molecule has 0 spiro atoms. The molecule has 1 aliphatic heterocycles. The van der Waals surface area contributed by atoms with Gasteiger partial charge in [-0.05, 0) is 117 Å². The second kappa shape index (κ2) is 11.7. The van der Waals surface area contributed by atoms with Gasteiger partial charge in [0.05, 0.1) is 18.0 Å². The maximum absolute atomic E-state index is 13.4. The van der Waals surface area contributed by atoms with Crippen molar-refractivity contribution in [1.29, 1.82) is 0 Å². The van der Waals surface area contributed by atoms with Crippen molar-refractivity contribution in [3.05, 3.63) is 0 Å². The van der Waals surface area contributed by atoms with Crippen molar-refractivity contribution < 1.29 is 32.7 Å². The molecule has 40 heavy (non-hydrogen) atoms. The third-order valence-electron chi connectivity index (χ3n) is 12.9. The van der Waals surface area contributed by atoms with Crippen LogP contribution in [0.15, 0.2) is 0 Å². The standard InChI is InChI=1S/C31H53NO7S/c1-20(4-9-29(35)32(14-17-40(36,37)38)22-11-15-39-16-12-22)25-7-8-26-24-6-5-21-18-23(33)10-13-30(21,2)27(24)19-28(34)31(25,26)3/h20-28,33-34H,4-19H2,1-3H3,(H,36,37,38)/t20-,21-,23-,24+,25-,26+,27+,28+,30+,31-/m1/s1. The molecular formula is C31H53NO7S. The minimum atomic E-state index is -4.15. The molecule has 0 aromatic rings. The number of ether oxygens (including phenoxy) is 1. The zero-order valence-electron chi connectivity index (χ0n) is 24.8. The van der Waals surface area contributed by atoms with Crippen molar-refractivity contribution in [3.63, 3.8) is 0 Å². The number of rotatable bonds is 8. The van der Waals surface area contributed by atoms with Crippen LogP contribution in [0.25, 0.3) is 0 Å². The van der Waals surface area contributed by atoms with Crippen LogP contribution in [0.4, 0.5) is 0 Å². The van der Waals surface area contributed by atoms with Gasteiger partial charge in [0.15, 0.2) is 0 Å². The predicted octanol–water partition coefficient (Wildman–Crippen LogP) is 4.29. The Kier molecular flexibility index (Phi) is 9.01. The molecule has 0 unspecified atom stereocenters. The molecule has 4 aliphatic carbocycles. The molecule has 1 heterocycles. The molecule has 5 aliphatic rings. The number of carbonyl (C=O) groups is 1. The van der Waals surface area contributed by atoms with Gasteiger partial charge in [0.2, 0.25) is 5.91 Å². The van der Waals surface area contributed by atoms with Crippen LogP contribution in [-0.2, 0) is 19.6 Å². The van der Waals surface area contributed by atoms with Crippen LogP contribution >= 0.6 is 0 Å². The number of fused-ring (bicyclic) bond motifs is 5. The fourth-order valence-electron chi connectivity index (χ4n) is 10.6. The van der Waals surface area contributed by atoms with Gasteiger partial charge in [-0.3, -0.25) is 9.35 Å². The zero-order valence-corrected chi connectivity index (χ0v) is 25.7. The minimum Gasteiger partial charge on any atom is -0.393 e. The average Bonchev–Trinajstić information content (AvgIpc) is 3.27. The Morgan fingerprint density at radius 2 is 1.73 bits per heavy atom. The molecule has 9 heteroatoms. The summed E-state index contributed by atoms with van der Waals surface area (Å²) >= 11 is 0. The predicted molar refractivity (Wildman–Crippen MR) is 153 cm³/mol. The molecule has 1 saturated heterocycles. The van der Waals surface area contributed by atoms with Gasteiger partial charge < -0.3 is 19.8 Å². The summed E-state index contributed by atoms with van der Waals surface area (Å²) in [6, 6.07) is -0.0545. The van der Waals surface area contributed by atoms with E-state index in [0.29, 0.717) is 62.1 Å². The van der Waals surface area contributed by atoms with E-state index in [1.165, 1.54) is 12.8 Å². The first-order chi connectivity index (χ1) is 18.8. The summed E-state index contributed by atoms with van der Waals surface area (Å²) in [5, 5.41) is 22.2. The lowest BCUT2D eigenvalue weighted by Gasteiger charge is -2.62. The summed E-state index contributed by atoms with van der Waals surface area (Å²) in [4.78, 5) is 15.1. The quantitative estimate of drug-likeness (QED) is 0.364. The summed E-state index contributed by atoms with van der Waals surface area (Å²) in [6.07, 6.45) is 10.3. The first-order valence-corrected chi connectivity index (χ1v) is 17.6. The van der Waals surface area contributed by atoms with E-state index in [1.54, 1.807) is 4.90 Å². The van der Waals surface area contributed by atoms with Gasteiger partial charge in [0.1, 0.15) is 0 Å². The largest absolute Gasteiger partial charge is 0.393 e. The third-order valence-corrected chi connectivity index (χ3v) is 13.6. The van der Waals surface area contributed by atoms with E-state index in [2.05, 4.69) is 20.8 Å². The normalized spacial score (nSPS) is 42.9. The molecule has 5 fully saturated rings. The number of aliphatic hydroxyl groups is 2. The molecule has 8 nitrogen and oxygen atoms in total. The molecule has 10 atom stereocenters. The number of hydrogen-bond acceptors (Lipinski definition) is 6. The van der Waals surface area contributed by atoms with E-state index in [4.69, 9.17) is 4.74 Å². The van der Waals surface area contributed by atoms with Gasteiger partial charge in [-0.1, -0.05) is 20.8 Å². The number of carbonyl (C=O) groups excluding carboxylic acids is 1. The Labute approximate surface area is 241 Å². The number of nitrogens with zero attached hydrogens (tertiary/aromatic N) is 1. The van der Waals surface area contributed by atoms with Gasteiger partial charge in [-0.15, -0.1) is 0 Å². The van der Waals surface area contributed by atoms with Gasteiger partial charge in [0.25, 0.3) is 10.1 Å². The first kappa shape index (κ1) is 30.7. The Morgan fingerprint density at radius 3 is 2.42 bits per heavy atom. The van der Waals surface area contributed by atoms with E-state index < -0.39 is 15.9 Å². The van der Waals surface area contributed by atoms with Crippen LogP contribution in [-0.4, -0.2) is 77.8 Å². The molecular weight excluding hydrogens is 530 g/mol. The highest BCUT2D eigenvalue weighted by Gasteiger charge is 2.63. The monoisotopic (exact) mass is 583 g/mol. The lowest BCUT2D eigenvalue weighted by Crippen LogP contribution is -2.58. The fraction of sp³-hybridized carbons (Fsp3) is 0.968. The summed E-state index contributed by atoms with van der Waals surface area (Å²) in [6.45, 7) is 8.13. The van der Waals surface area contributed by atoms with Crippen LogP contribution in [0.2, 0.25) is 0 Å². The van der Waals surface area contributed by atoms with E-state index >= 15 is 0 Å². The van der Waals surface area contributed by atoms with Crippen LogP contribution in [0.5, 0.6) is 0 Å². The molecule has 0 aromatic heterocycles. The molecule has 1 amide bonds. The highest BCUT2D eigenvalue weighted by molar-refractivity contribution is 7.85. The highest BCUT2D eigenvalue weighted by Crippen LogP contribution is 2.68. The minimum absolute atomic E-state index is 0.0124. The van der Waals surface area contributed by atoms with Crippen molar-refractivity contribution in [2.75, 3.05) is 25.5 Å². The van der Waals surface area contributed by atoms with Crippen molar-refractivity contribution in [1.82, 2.24) is 4.90 Å². The Hall–Kier alpha value is -0.740. The van der Waals surface area contributed by atoms with E-state index in [-0.39, 0.29) is 47.4 Å². The fourth-order valence-corrected chi connectivity index (χ4v) is 11.0. The average molecular weight is 584 g/mol. The number of hydrogen-bond donors (Lipinski definition) is 3. The van der Waals surface area contributed by atoms with Crippen LogP contribution in [0, 0.1) is 46.3 Å². The SMILES string of the molecule is C[C@H](CCC(=O)N(CCS(=O)(=O)O)C1CCOCC1)[C@H]1CC[C@H]2[C@@H]3CC[C@@H]4C[C@H](O)CC[C@]4(C)[C@H]3C[C@H](O)[C@]12C. The topological polar surface area (TPSA) is 124 Å². The summed E-state index contributed by atoms with van der Waals surface area (Å²) < 4.78 is 37.7. The van der Waals surface area contributed by atoms with E-state index in [1.807, 2.05) is 0 Å². The van der Waals surface area contributed by atoms with E-state index in [9.17, 15) is 28.0 Å². The van der Waals surface area contributed by atoms with Gasteiger partial charge in [-0.25, -0.2) is 0 Å². The highest BCUT2D eigenvalue weighted by atomic mass is 32.2. The van der Waals surface area contributed by atoms with E-state index in [0.717, 1.165) is 44.9 Å². The summed E-state index contributed by atoms with van der Waals surface area (Å²) in [5.74, 6) is 2.37. The van der Waals surface area contributed by atoms with Gasteiger partial charge >= 0.3 is 0 Å². The maximum Gasteiger partial charge on any atom is 0.266 e.